The maximum absolute atomic E-state index is 10.4. The number of nitrogens with two attached hydrogens (primary N) is 1. The molecule has 0 unspecified atom stereocenters. The summed E-state index contributed by atoms with van der Waals surface area (Å²) in [5.74, 6) is -0.909. The number of carboxylic acid groups (broad SMARTS) is 1. The van der Waals surface area contributed by atoms with Gasteiger partial charge in [0, 0.05) is 12.9 Å². The molecule has 0 heterocycles. The van der Waals surface area contributed by atoms with E-state index in [-0.39, 0.29) is 0 Å². The molecule has 0 aliphatic rings. The maximum atomic E-state index is 10.4. The van der Waals surface area contributed by atoms with Crippen LogP contribution in [0.4, 0.5) is 0 Å². The Morgan fingerprint density at radius 1 is 1.38 bits per heavy atom. The Morgan fingerprint density at radius 2 is 1.85 bits per heavy atom. The number of hydrogen-bond acceptors (Lipinski definition) is 2. The van der Waals surface area contributed by atoms with E-state index in [1.54, 1.807) is 24.3 Å². The van der Waals surface area contributed by atoms with Crippen LogP contribution in [0.15, 0.2) is 24.3 Å². The zero-order valence-electron chi connectivity index (χ0n) is 7.33. The van der Waals surface area contributed by atoms with Gasteiger partial charge >= 0.3 is 5.97 Å². The molecule has 0 fully saturated rings. The third-order valence-electron chi connectivity index (χ3n) is 1.44. The Kier molecular flexibility index (Phi) is 5.93. The van der Waals surface area contributed by atoms with Crippen LogP contribution in [-0.2, 0) is 6.54 Å². The maximum Gasteiger partial charge on any atom is 0.335 e. The van der Waals surface area contributed by atoms with Gasteiger partial charge < -0.3 is 10.8 Å². The van der Waals surface area contributed by atoms with Gasteiger partial charge in [0.15, 0.2) is 0 Å². The molecule has 0 bridgehead atoms. The molecule has 0 aliphatic carbocycles. The Balaban J connectivity index is 0.000000671. The summed E-state index contributed by atoms with van der Waals surface area (Å²) in [6.45, 7) is 0.444. The van der Waals surface area contributed by atoms with Crippen molar-refractivity contribution in [3.8, 4) is 0 Å². The van der Waals surface area contributed by atoms with Gasteiger partial charge in [-0.15, -0.1) is 11.6 Å². The summed E-state index contributed by atoms with van der Waals surface area (Å²) in [6, 6.07) is 6.52. The molecule has 0 amide bonds. The number of hydrogen-bond donors (Lipinski definition) is 2. The molecule has 1 aromatic rings. The van der Waals surface area contributed by atoms with Gasteiger partial charge in [0.05, 0.1) is 5.56 Å². The highest BCUT2D eigenvalue weighted by molar-refractivity contribution is 6.15. The number of rotatable bonds is 2. The Bertz CT molecular complexity index is 259. The number of carbonyl (C=O) groups is 1. The number of carboxylic acids is 1. The first-order valence-corrected chi connectivity index (χ1v) is 4.39. The molecule has 1 rings (SSSR count). The first kappa shape index (κ1) is 11.9. The molecule has 0 aliphatic heterocycles. The normalized spacial score (nSPS) is 8.54. The lowest BCUT2D eigenvalue weighted by molar-refractivity contribution is 0.0697. The molecule has 13 heavy (non-hydrogen) atoms. The second-order valence-electron chi connectivity index (χ2n) is 2.21. The highest BCUT2D eigenvalue weighted by Crippen LogP contribution is 2.02. The molecular formula is C9H12ClNO2. The van der Waals surface area contributed by atoms with Crippen LogP contribution in [0.1, 0.15) is 15.9 Å². The summed E-state index contributed by atoms with van der Waals surface area (Å²) in [5.41, 5.74) is 6.56. The van der Waals surface area contributed by atoms with Crippen LogP contribution in [0, 0.1) is 0 Å². The fourth-order valence-corrected chi connectivity index (χ4v) is 0.783. The molecule has 0 aromatic heterocycles. The van der Waals surface area contributed by atoms with Crippen LogP contribution in [-0.4, -0.2) is 17.5 Å². The summed E-state index contributed by atoms with van der Waals surface area (Å²) in [7, 11) is 0. The fraction of sp³-hybridized carbons (Fsp3) is 0.222. The lowest BCUT2D eigenvalue weighted by Gasteiger charge is -1.96. The number of halogens is 1. The second kappa shape index (κ2) is 6.46. The summed E-state index contributed by atoms with van der Waals surface area (Å²) in [4.78, 5) is 10.4. The number of aromatic carboxylic acids is 1. The van der Waals surface area contributed by atoms with E-state index >= 15 is 0 Å². The van der Waals surface area contributed by atoms with Crippen LogP contribution >= 0.6 is 11.6 Å². The fourth-order valence-electron chi connectivity index (χ4n) is 0.783. The van der Waals surface area contributed by atoms with Crippen LogP contribution in [0.5, 0.6) is 0 Å². The Labute approximate surface area is 82.1 Å². The van der Waals surface area contributed by atoms with Gasteiger partial charge in [0.25, 0.3) is 0 Å². The van der Waals surface area contributed by atoms with E-state index in [1.807, 2.05) is 0 Å². The minimum Gasteiger partial charge on any atom is -0.478 e. The molecule has 3 N–H and O–H groups in total. The highest BCUT2D eigenvalue weighted by Gasteiger charge is 1.99. The molecule has 0 saturated carbocycles. The van der Waals surface area contributed by atoms with Crippen molar-refractivity contribution in [1.29, 1.82) is 0 Å². The first-order chi connectivity index (χ1) is 6.24. The van der Waals surface area contributed by atoms with Gasteiger partial charge in [-0.25, -0.2) is 4.79 Å². The molecule has 4 heteroatoms. The summed E-state index contributed by atoms with van der Waals surface area (Å²) in [6.07, 6.45) is 1.47. The van der Waals surface area contributed by atoms with Crippen LogP contribution < -0.4 is 5.73 Å². The predicted molar refractivity (Wildman–Crippen MR) is 53.1 cm³/mol. The van der Waals surface area contributed by atoms with E-state index in [0.29, 0.717) is 12.1 Å². The van der Waals surface area contributed by atoms with E-state index in [1.165, 1.54) is 6.38 Å². The summed E-state index contributed by atoms with van der Waals surface area (Å²) in [5, 5.41) is 8.52. The van der Waals surface area contributed by atoms with Crippen LogP contribution in [0.25, 0.3) is 0 Å². The van der Waals surface area contributed by atoms with Crippen molar-refractivity contribution in [3.05, 3.63) is 35.4 Å². The largest absolute Gasteiger partial charge is 0.478 e. The lowest BCUT2D eigenvalue weighted by Crippen LogP contribution is -1.99. The van der Waals surface area contributed by atoms with Crippen molar-refractivity contribution in [2.45, 2.75) is 6.54 Å². The van der Waals surface area contributed by atoms with Gasteiger partial charge in [-0.1, -0.05) is 12.1 Å². The van der Waals surface area contributed by atoms with E-state index in [9.17, 15) is 4.79 Å². The zero-order valence-corrected chi connectivity index (χ0v) is 8.08. The smallest absolute Gasteiger partial charge is 0.335 e. The third kappa shape index (κ3) is 3.92. The second-order valence-corrected chi connectivity index (χ2v) is 2.21. The summed E-state index contributed by atoms with van der Waals surface area (Å²) < 4.78 is 0. The van der Waals surface area contributed by atoms with E-state index < -0.39 is 5.97 Å². The molecule has 0 atom stereocenters. The van der Waals surface area contributed by atoms with Gasteiger partial charge in [0.1, 0.15) is 0 Å². The van der Waals surface area contributed by atoms with Crippen molar-refractivity contribution in [2.75, 3.05) is 6.38 Å². The average Bonchev–Trinajstić information content (AvgIpc) is 2.21. The third-order valence-corrected chi connectivity index (χ3v) is 1.44. The van der Waals surface area contributed by atoms with E-state index in [2.05, 4.69) is 11.6 Å². The van der Waals surface area contributed by atoms with Gasteiger partial charge in [-0.3, -0.25) is 0 Å². The molecule has 1 aromatic carbocycles. The van der Waals surface area contributed by atoms with E-state index in [4.69, 9.17) is 10.8 Å². The van der Waals surface area contributed by atoms with Crippen LogP contribution in [0.3, 0.4) is 0 Å². The Hall–Kier alpha value is -1.06. The molecular weight excluding hydrogens is 190 g/mol. The zero-order chi connectivity index (χ0) is 10.3. The molecule has 3 nitrogen and oxygen atoms in total. The van der Waals surface area contributed by atoms with Crippen molar-refractivity contribution in [2.24, 2.45) is 5.73 Å². The summed E-state index contributed by atoms with van der Waals surface area (Å²) >= 11 is 4.64. The first-order valence-electron chi connectivity index (χ1n) is 3.64. The lowest BCUT2D eigenvalue weighted by atomic mass is 10.1. The average molecular weight is 202 g/mol. The van der Waals surface area contributed by atoms with Gasteiger partial charge in [0.2, 0.25) is 0 Å². The van der Waals surface area contributed by atoms with Crippen molar-refractivity contribution in [3.63, 3.8) is 0 Å². The predicted octanol–water partition coefficient (Wildman–Crippen LogP) is 1.70. The number of alkyl halides is 1. The highest BCUT2D eigenvalue weighted by atomic mass is 35.5. The molecule has 0 spiro atoms. The van der Waals surface area contributed by atoms with Crippen molar-refractivity contribution >= 4 is 17.6 Å². The standard InChI is InChI=1S/C8H9NO2.CH3Cl/c9-5-6-1-3-7(4-2-6)8(10)11;1-2/h1-4H,5,9H2,(H,10,11);1H3. The quantitative estimate of drug-likeness (QED) is 0.716. The van der Waals surface area contributed by atoms with Gasteiger partial charge in [-0.05, 0) is 17.7 Å². The van der Waals surface area contributed by atoms with Gasteiger partial charge in [-0.2, -0.15) is 0 Å². The topological polar surface area (TPSA) is 63.3 Å². The van der Waals surface area contributed by atoms with Crippen molar-refractivity contribution in [1.82, 2.24) is 0 Å². The molecule has 72 valence electrons. The minimum atomic E-state index is -0.909. The van der Waals surface area contributed by atoms with Crippen molar-refractivity contribution < 1.29 is 9.90 Å². The van der Waals surface area contributed by atoms with E-state index in [0.717, 1.165) is 5.56 Å². The number of benzene rings is 1. The molecule has 0 saturated heterocycles. The Morgan fingerprint density at radius 3 is 2.15 bits per heavy atom. The minimum absolute atomic E-state index is 0.294. The van der Waals surface area contributed by atoms with Crippen LogP contribution in [0.2, 0.25) is 0 Å². The molecule has 0 radical (unpaired) electrons. The monoisotopic (exact) mass is 201 g/mol. The SMILES string of the molecule is CCl.NCc1ccc(C(=O)O)cc1.